The van der Waals surface area contributed by atoms with E-state index in [9.17, 15) is 4.39 Å². The average Bonchev–Trinajstić information content (AvgIpc) is 3.06. The van der Waals surface area contributed by atoms with Crippen molar-refractivity contribution < 1.29 is 9.13 Å². The zero-order valence-corrected chi connectivity index (χ0v) is 16.0. The van der Waals surface area contributed by atoms with Gasteiger partial charge < -0.3 is 9.64 Å². The van der Waals surface area contributed by atoms with Crippen LogP contribution in [-0.2, 0) is 13.1 Å². The van der Waals surface area contributed by atoms with E-state index in [-0.39, 0.29) is 11.9 Å². The van der Waals surface area contributed by atoms with E-state index in [2.05, 4.69) is 43.1 Å². The van der Waals surface area contributed by atoms with Gasteiger partial charge in [-0.15, -0.1) is 5.10 Å². The number of fused-ring (bicyclic) bond motifs is 1. The Hall–Kier alpha value is -2.82. The maximum atomic E-state index is 13.2. The Kier molecular flexibility index (Phi) is 5.79. The predicted molar refractivity (Wildman–Crippen MR) is 107 cm³/mol. The van der Waals surface area contributed by atoms with Crippen LogP contribution in [0.1, 0.15) is 31.5 Å². The van der Waals surface area contributed by atoms with Crippen LogP contribution in [0, 0.1) is 5.82 Å². The van der Waals surface area contributed by atoms with Crippen molar-refractivity contribution in [2.45, 2.75) is 39.4 Å². The summed E-state index contributed by atoms with van der Waals surface area (Å²) in [6.07, 6.45) is 4.86. The van der Waals surface area contributed by atoms with E-state index < -0.39 is 0 Å². The topological polar surface area (TPSA) is 30.3 Å². The number of aromatic nitrogens is 2. The minimum Gasteiger partial charge on any atom is -0.472 e. The maximum absolute atomic E-state index is 13.2. The van der Waals surface area contributed by atoms with Gasteiger partial charge in [0.25, 0.3) is 0 Å². The molecule has 1 atom stereocenters. The summed E-state index contributed by atoms with van der Waals surface area (Å²) in [6, 6.07) is 8.66. The van der Waals surface area contributed by atoms with Crippen LogP contribution in [-0.4, -0.2) is 27.3 Å². The van der Waals surface area contributed by atoms with E-state index in [0.29, 0.717) is 19.0 Å². The number of allylic oxidation sites excluding steroid dienone is 1. The van der Waals surface area contributed by atoms with Gasteiger partial charge in [-0.1, -0.05) is 44.4 Å². The Morgan fingerprint density at radius 1 is 1.37 bits per heavy atom. The third-order valence-electron chi connectivity index (χ3n) is 4.78. The second kappa shape index (κ2) is 8.25. The highest BCUT2D eigenvalue weighted by Gasteiger charge is 2.26. The van der Waals surface area contributed by atoms with Crippen molar-refractivity contribution in [2.24, 2.45) is 0 Å². The van der Waals surface area contributed by atoms with Crippen LogP contribution in [0.5, 0.6) is 5.88 Å². The number of hydrogen-bond donors (Lipinski definition) is 0. The van der Waals surface area contributed by atoms with Gasteiger partial charge in [-0.05, 0) is 36.6 Å². The maximum Gasteiger partial charge on any atom is 0.233 e. The Morgan fingerprint density at radius 2 is 2.11 bits per heavy atom. The first kappa shape index (κ1) is 19.0. The average molecular weight is 367 g/mol. The second-order valence-electron chi connectivity index (χ2n) is 6.77. The number of hydrogen-bond acceptors (Lipinski definition) is 3. The Bertz CT molecular complexity index is 851. The van der Waals surface area contributed by atoms with Crippen molar-refractivity contribution in [2.75, 3.05) is 6.61 Å². The van der Waals surface area contributed by atoms with Crippen LogP contribution >= 0.6 is 0 Å². The minimum atomic E-state index is -0.242. The number of rotatable bonds is 7. The lowest BCUT2D eigenvalue weighted by Gasteiger charge is -2.37. The molecule has 27 heavy (non-hydrogen) atoms. The fourth-order valence-electron chi connectivity index (χ4n) is 3.25. The molecule has 0 spiro atoms. The molecule has 4 nitrogen and oxygen atoms in total. The van der Waals surface area contributed by atoms with Gasteiger partial charge in [0.15, 0.2) is 0 Å². The van der Waals surface area contributed by atoms with Crippen LogP contribution in [0.25, 0.3) is 5.70 Å². The largest absolute Gasteiger partial charge is 0.472 e. The summed E-state index contributed by atoms with van der Waals surface area (Å²) in [6.45, 7) is 14.2. The summed E-state index contributed by atoms with van der Waals surface area (Å²) in [5.74, 6) is 0.379. The monoisotopic (exact) mass is 367 g/mol. The van der Waals surface area contributed by atoms with Gasteiger partial charge >= 0.3 is 0 Å². The SMILES string of the molecule is C=C/C(=C\CC)COc1cc2n(n1)C[C@@H](C)N(C(=C)c1ccc(F)cc1)C2. The van der Waals surface area contributed by atoms with Crippen LogP contribution < -0.4 is 4.74 Å². The molecule has 0 saturated heterocycles. The van der Waals surface area contributed by atoms with E-state index >= 15 is 0 Å². The molecule has 0 radical (unpaired) electrons. The molecule has 0 aliphatic carbocycles. The van der Waals surface area contributed by atoms with Gasteiger partial charge in [0.05, 0.1) is 18.8 Å². The normalized spacial score (nSPS) is 16.8. The van der Waals surface area contributed by atoms with Crippen LogP contribution in [0.15, 0.2) is 61.2 Å². The van der Waals surface area contributed by atoms with E-state index in [4.69, 9.17) is 4.74 Å². The van der Waals surface area contributed by atoms with E-state index in [1.165, 1.54) is 12.1 Å². The third kappa shape index (κ3) is 4.30. The Morgan fingerprint density at radius 3 is 2.78 bits per heavy atom. The van der Waals surface area contributed by atoms with Crippen LogP contribution in [0.2, 0.25) is 0 Å². The minimum absolute atomic E-state index is 0.228. The van der Waals surface area contributed by atoms with Crippen molar-refractivity contribution in [1.82, 2.24) is 14.7 Å². The summed E-state index contributed by atoms with van der Waals surface area (Å²) in [4.78, 5) is 2.22. The molecule has 1 aliphatic heterocycles. The molecule has 0 amide bonds. The molecule has 0 saturated carbocycles. The highest BCUT2D eigenvalue weighted by atomic mass is 19.1. The molecule has 1 aromatic carbocycles. The number of nitrogens with zero attached hydrogens (tertiary/aromatic N) is 3. The quantitative estimate of drug-likeness (QED) is 0.659. The zero-order valence-electron chi connectivity index (χ0n) is 16.0. The highest BCUT2D eigenvalue weighted by Crippen LogP contribution is 2.28. The predicted octanol–water partition coefficient (Wildman–Crippen LogP) is 4.80. The van der Waals surface area contributed by atoms with E-state index in [0.717, 1.165) is 35.5 Å². The number of benzene rings is 1. The zero-order chi connectivity index (χ0) is 19.4. The molecule has 0 bridgehead atoms. The molecule has 2 heterocycles. The number of ether oxygens (including phenoxy) is 1. The summed E-state index contributed by atoms with van der Waals surface area (Å²) in [5, 5.41) is 4.57. The molecule has 3 rings (SSSR count). The molecule has 5 heteroatoms. The molecule has 2 aromatic rings. The fraction of sp³-hybridized carbons (Fsp3) is 0.318. The van der Waals surface area contributed by atoms with E-state index in [1.807, 2.05) is 16.8 Å². The molecule has 0 fully saturated rings. The summed E-state index contributed by atoms with van der Waals surface area (Å²) in [7, 11) is 0. The summed E-state index contributed by atoms with van der Waals surface area (Å²) < 4.78 is 21.0. The van der Waals surface area contributed by atoms with Gasteiger partial charge in [-0.25, -0.2) is 4.39 Å². The smallest absolute Gasteiger partial charge is 0.233 e. The van der Waals surface area contributed by atoms with Gasteiger partial charge in [-0.2, -0.15) is 0 Å². The number of halogens is 1. The molecule has 0 unspecified atom stereocenters. The van der Waals surface area contributed by atoms with Crippen molar-refractivity contribution in [3.8, 4) is 5.88 Å². The van der Waals surface area contributed by atoms with Crippen molar-refractivity contribution in [3.05, 3.63) is 78.3 Å². The highest BCUT2D eigenvalue weighted by molar-refractivity contribution is 5.62. The molecular weight excluding hydrogens is 341 g/mol. The standard InChI is InChI=1S/C22H26FN3O/c1-5-7-18(6-2)15-27-22-12-21-14-25(16(3)13-26(21)24-22)17(4)19-8-10-20(23)11-9-19/h6-12,16H,2,4-5,13-15H2,1,3H3/b18-7+/t16-/m1/s1. The molecule has 0 N–H and O–H groups in total. The van der Waals surface area contributed by atoms with Gasteiger partial charge in [0.2, 0.25) is 5.88 Å². The van der Waals surface area contributed by atoms with Crippen molar-refractivity contribution >= 4 is 5.70 Å². The molecule has 142 valence electrons. The van der Waals surface area contributed by atoms with Gasteiger partial charge in [-0.3, -0.25) is 4.68 Å². The first-order valence-corrected chi connectivity index (χ1v) is 9.24. The fourth-order valence-corrected chi connectivity index (χ4v) is 3.25. The summed E-state index contributed by atoms with van der Waals surface area (Å²) >= 11 is 0. The van der Waals surface area contributed by atoms with Crippen molar-refractivity contribution in [1.29, 1.82) is 0 Å². The van der Waals surface area contributed by atoms with Crippen LogP contribution in [0.4, 0.5) is 4.39 Å². The first-order valence-electron chi connectivity index (χ1n) is 9.24. The molecular formula is C22H26FN3O. The second-order valence-corrected chi connectivity index (χ2v) is 6.77. The van der Waals surface area contributed by atoms with E-state index in [1.54, 1.807) is 12.1 Å². The summed E-state index contributed by atoms with van der Waals surface area (Å²) in [5.41, 5.74) is 3.94. The Labute approximate surface area is 160 Å². The lowest BCUT2D eigenvalue weighted by molar-refractivity contribution is 0.223. The van der Waals surface area contributed by atoms with Gasteiger partial charge in [0.1, 0.15) is 12.4 Å². The lowest BCUT2D eigenvalue weighted by atomic mass is 10.1. The van der Waals surface area contributed by atoms with Gasteiger partial charge in [0, 0.05) is 17.8 Å². The first-order chi connectivity index (χ1) is 13.0. The van der Waals surface area contributed by atoms with Crippen LogP contribution in [0.3, 0.4) is 0 Å². The van der Waals surface area contributed by atoms with Crippen molar-refractivity contribution in [3.63, 3.8) is 0 Å². The third-order valence-corrected chi connectivity index (χ3v) is 4.78. The lowest BCUT2D eigenvalue weighted by Crippen LogP contribution is -2.39. The Balaban J connectivity index is 1.72. The molecule has 1 aliphatic rings. The molecule has 1 aromatic heterocycles.